The van der Waals surface area contributed by atoms with Crippen molar-refractivity contribution in [2.45, 2.75) is 57.8 Å². The van der Waals surface area contributed by atoms with E-state index in [0.717, 1.165) is 34.1 Å². The lowest BCUT2D eigenvalue weighted by Crippen LogP contribution is -2.23. The highest BCUT2D eigenvalue weighted by atomic mass is 15.3. The zero-order chi connectivity index (χ0) is 50.2. The molecule has 0 aliphatic carbocycles. The van der Waals surface area contributed by atoms with Crippen LogP contribution in [0.2, 0.25) is 0 Å². The van der Waals surface area contributed by atoms with Gasteiger partial charge >= 0.3 is 0 Å². The van der Waals surface area contributed by atoms with E-state index in [2.05, 4.69) is 184 Å². The van der Waals surface area contributed by atoms with Crippen molar-refractivity contribution < 1.29 is 0 Å². The van der Waals surface area contributed by atoms with E-state index >= 15 is 0 Å². The van der Waals surface area contributed by atoms with E-state index in [1.54, 1.807) is 0 Å². The van der Waals surface area contributed by atoms with Crippen LogP contribution in [0.5, 0.6) is 0 Å². The number of anilines is 9. The van der Waals surface area contributed by atoms with Crippen molar-refractivity contribution in [3.8, 4) is 0 Å². The van der Waals surface area contributed by atoms with Crippen LogP contribution in [0.25, 0.3) is 0 Å². The summed E-state index contributed by atoms with van der Waals surface area (Å²) in [6, 6.07) is 49.2. The summed E-state index contributed by atoms with van der Waals surface area (Å²) in [7, 11) is 6.33. The molecule has 3 N–H and O–H groups in total. The first kappa shape index (κ1) is 47.1. The van der Waals surface area contributed by atoms with Gasteiger partial charge in [-0.15, -0.1) is 0 Å². The number of aromatic nitrogens is 3. The minimum Gasteiger partial charge on any atom is -0.347 e. The number of benzene rings is 6. The molecule has 0 atom stereocenters. The largest absolute Gasteiger partial charge is 0.347 e. The average Bonchev–Trinajstić information content (AvgIpc) is 3.79. The van der Waals surface area contributed by atoms with Gasteiger partial charge in [-0.1, -0.05) is 96.1 Å². The molecule has 0 bridgehead atoms. The van der Waals surface area contributed by atoms with E-state index < -0.39 is 0 Å². The van der Waals surface area contributed by atoms with Gasteiger partial charge in [-0.3, -0.25) is 15.0 Å². The smallest absolute Gasteiger partial charge is 0.233 e. The second-order valence-electron chi connectivity index (χ2n) is 19.9. The summed E-state index contributed by atoms with van der Waals surface area (Å²) in [6.45, 7) is 13.5. The fourth-order valence-electron chi connectivity index (χ4n) is 10.3. The number of aliphatic imine (C=N–C) groups is 3. The molecule has 360 valence electrons. The fourth-order valence-corrected chi connectivity index (χ4v) is 10.3. The molecule has 12 heteroatoms. The summed E-state index contributed by atoms with van der Waals surface area (Å²) in [5.41, 5.74) is 15.6. The summed E-state index contributed by atoms with van der Waals surface area (Å²) >= 11 is 0. The number of rotatable bonds is 12. The number of fused-ring (bicyclic) bond motifs is 3. The number of likely N-dealkylation sites (N-methyl/N-ethyl adjacent to an activating group) is 3. The lowest BCUT2D eigenvalue weighted by molar-refractivity contribution is 0.641. The van der Waals surface area contributed by atoms with Crippen molar-refractivity contribution in [2.24, 2.45) is 15.0 Å². The van der Waals surface area contributed by atoms with Crippen molar-refractivity contribution in [3.63, 3.8) is 0 Å². The second kappa shape index (κ2) is 18.9. The zero-order valence-electron chi connectivity index (χ0n) is 42.3. The fraction of sp³-hybridized carbons (Fsp3) is 0.200. The Labute approximate surface area is 423 Å². The Morgan fingerprint density at radius 2 is 0.611 bits per heavy atom. The minimum absolute atomic E-state index is 0.124. The van der Waals surface area contributed by atoms with Crippen LogP contribution in [0.15, 0.2) is 196 Å². The van der Waals surface area contributed by atoms with Gasteiger partial charge < -0.3 is 30.7 Å². The Morgan fingerprint density at radius 3 is 0.861 bits per heavy atom. The quantitative estimate of drug-likeness (QED) is 0.103. The Balaban J connectivity index is 0.854. The van der Waals surface area contributed by atoms with Crippen LogP contribution in [0.4, 0.5) is 69.0 Å². The Kier molecular flexibility index (Phi) is 12.4. The number of hydrogen-bond donors (Lipinski definition) is 3. The molecule has 1 aromatic heterocycles. The molecule has 7 aromatic rings. The number of hydrogen-bond acceptors (Lipinski definition) is 12. The molecule has 10 rings (SSSR count). The van der Waals surface area contributed by atoms with Crippen LogP contribution in [0.3, 0.4) is 0 Å². The molecule has 0 unspecified atom stereocenters. The monoisotopic (exact) mass is 949 g/mol. The summed E-state index contributed by atoms with van der Waals surface area (Å²) in [4.78, 5) is 35.4. The van der Waals surface area contributed by atoms with Crippen LogP contribution < -0.4 is 30.7 Å². The molecule has 0 spiro atoms. The van der Waals surface area contributed by atoms with Gasteiger partial charge in [0.25, 0.3) is 0 Å². The van der Waals surface area contributed by atoms with E-state index in [0.29, 0.717) is 17.8 Å². The summed E-state index contributed by atoms with van der Waals surface area (Å²) < 4.78 is 0. The van der Waals surface area contributed by atoms with Crippen LogP contribution in [0, 0.1) is 0 Å². The molecule has 6 aromatic carbocycles. The highest BCUT2D eigenvalue weighted by molar-refractivity contribution is 5.83. The normalized spacial score (nSPS) is 18.0. The van der Waals surface area contributed by atoms with Gasteiger partial charge in [-0.05, 0) is 126 Å². The number of para-hydroxylation sites is 3. The predicted octanol–water partition coefficient (Wildman–Crippen LogP) is 14.1. The molecular formula is C60H60N12. The molecule has 3 aliphatic heterocycles. The van der Waals surface area contributed by atoms with Gasteiger partial charge in [0.1, 0.15) is 0 Å². The topological polar surface area (TPSA) is 122 Å². The molecule has 0 amide bonds. The molecule has 0 radical (unpaired) electrons. The Morgan fingerprint density at radius 1 is 0.361 bits per heavy atom. The molecule has 3 aliphatic rings. The molecule has 0 saturated heterocycles. The first-order valence-electron chi connectivity index (χ1n) is 24.3. The molecule has 0 fully saturated rings. The van der Waals surface area contributed by atoms with Crippen molar-refractivity contribution >= 4 is 87.7 Å². The van der Waals surface area contributed by atoms with E-state index in [1.807, 2.05) is 91.4 Å². The average molecular weight is 949 g/mol. The maximum Gasteiger partial charge on any atom is 0.233 e. The maximum absolute atomic E-state index is 4.79. The Hall–Kier alpha value is -8.64. The van der Waals surface area contributed by atoms with Crippen LogP contribution in [-0.2, 0) is 16.2 Å². The molecule has 4 heterocycles. The molecular weight excluding hydrogens is 889 g/mol. The van der Waals surface area contributed by atoms with Gasteiger partial charge in [-0.25, -0.2) is 0 Å². The molecule has 0 saturated carbocycles. The van der Waals surface area contributed by atoms with Crippen molar-refractivity contribution in [3.05, 3.63) is 198 Å². The third-order valence-corrected chi connectivity index (χ3v) is 14.2. The van der Waals surface area contributed by atoms with Gasteiger partial charge in [-0.2, -0.15) is 15.0 Å². The molecule has 72 heavy (non-hydrogen) atoms. The number of allylic oxidation sites excluding steroid dienone is 6. The van der Waals surface area contributed by atoms with E-state index in [4.69, 9.17) is 29.9 Å². The van der Waals surface area contributed by atoms with Gasteiger partial charge in [0.15, 0.2) is 0 Å². The third-order valence-electron chi connectivity index (χ3n) is 14.2. The van der Waals surface area contributed by atoms with E-state index in [9.17, 15) is 0 Å². The highest BCUT2D eigenvalue weighted by Crippen LogP contribution is 2.48. The minimum atomic E-state index is -0.124. The summed E-state index contributed by atoms with van der Waals surface area (Å²) in [5, 5.41) is 10.1. The zero-order valence-corrected chi connectivity index (χ0v) is 42.3. The second-order valence-corrected chi connectivity index (χ2v) is 19.9. The van der Waals surface area contributed by atoms with Gasteiger partial charge in [0, 0.05) is 107 Å². The first-order valence-corrected chi connectivity index (χ1v) is 24.3. The van der Waals surface area contributed by atoms with Crippen LogP contribution in [0.1, 0.15) is 58.2 Å². The van der Waals surface area contributed by atoms with Crippen molar-refractivity contribution in [1.82, 2.24) is 15.0 Å². The van der Waals surface area contributed by atoms with Crippen LogP contribution in [-0.4, -0.2) is 54.7 Å². The van der Waals surface area contributed by atoms with Crippen molar-refractivity contribution in [1.29, 1.82) is 0 Å². The first-order chi connectivity index (χ1) is 34.7. The van der Waals surface area contributed by atoms with E-state index in [1.165, 1.54) is 50.8 Å². The predicted molar refractivity (Wildman–Crippen MR) is 301 cm³/mol. The lowest BCUT2D eigenvalue weighted by Gasteiger charge is -2.23. The SMILES string of the molecule is CN1/C(=C\C=Nc2ccc(Nc3nc(Nc4ccc(N=C/C=C5\N(C)c6ccccc6C5(C)C)cc4)nc(Nc4ccc(N=C/C=C5/N(C)c6ccccc6C5(C)C)cc4)n3)cc2)C(C)(C)c2ccccc21. The highest BCUT2D eigenvalue weighted by Gasteiger charge is 2.40. The number of nitrogens with one attached hydrogen (secondary N) is 3. The van der Waals surface area contributed by atoms with Crippen molar-refractivity contribution in [2.75, 3.05) is 51.8 Å². The lowest BCUT2D eigenvalue weighted by atomic mass is 9.84. The Bertz CT molecular complexity index is 2970. The maximum atomic E-state index is 4.79. The summed E-state index contributed by atoms with van der Waals surface area (Å²) in [6.07, 6.45) is 11.9. The van der Waals surface area contributed by atoms with Gasteiger partial charge in [0.05, 0.1) is 17.1 Å². The van der Waals surface area contributed by atoms with Gasteiger partial charge in [0.2, 0.25) is 17.8 Å². The number of nitrogens with zero attached hydrogens (tertiary/aromatic N) is 9. The van der Waals surface area contributed by atoms with E-state index in [-0.39, 0.29) is 16.2 Å². The third kappa shape index (κ3) is 9.14. The van der Waals surface area contributed by atoms with Crippen LogP contribution >= 0.6 is 0 Å². The summed E-state index contributed by atoms with van der Waals surface area (Å²) in [5.74, 6) is 1.07. The molecule has 12 nitrogen and oxygen atoms in total. The standard InChI is InChI=1S/C60H60N12/c1-58(2)46-16-10-13-19-49(46)70(7)52(58)34-37-61-40-22-28-43(29-23-40)64-55-67-56(65-44-30-24-41(25-31-44)62-38-35-53-59(3,4)47-17-11-14-20-50(47)71(53)8)69-57(68-55)66-45-32-26-42(27-33-45)63-39-36-54-60(5,6)48-18-12-15-21-51(48)72(54)9/h10-39H,1-9H3,(H3,64,65,66,67,68,69)/b52-34-,53-35-,54-36+,61-37?,62-38?,63-39?.